The Morgan fingerprint density at radius 1 is 1.11 bits per heavy atom. The Hall–Kier alpha value is -1.79. The van der Waals surface area contributed by atoms with Crippen molar-refractivity contribution in [1.29, 1.82) is 0 Å². The van der Waals surface area contributed by atoms with E-state index in [0.29, 0.717) is 13.2 Å². The van der Waals surface area contributed by atoms with Crippen molar-refractivity contribution in [3.8, 4) is 11.5 Å². The predicted octanol–water partition coefficient (Wildman–Crippen LogP) is 3.84. The highest BCUT2D eigenvalue weighted by Crippen LogP contribution is 2.37. The lowest BCUT2D eigenvalue weighted by atomic mass is 9.85. The molecule has 158 valence electrons. The van der Waals surface area contributed by atoms with Gasteiger partial charge in [0.1, 0.15) is 18.1 Å². The molecule has 1 aromatic carbocycles. The van der Waals surface area contributed by atoms with E-state index >= 15 is 0 Å². The van der Waals surface area contributed by atoms with Gasteiger partial charge in [0.2, 0.25) is 5.91 Å². The zero-order valence-electron chi connectivity index (χ0n) is 17.9. The van der Waals surface area contributed by atoms with Gasteiger partial charge in [0, 0.05) is 24.8 Å². The Bertz CT molecular complexity index is 613. The van der Waals surface area contributed by atoms with E-state index in [1.807, 2.05) is 23.1 Å². The summed E-state index contributed by atoms with van der Waals surface area (Å²) in [5.41, 5.74) is 0.979. The first-order valence-electron chi connectivity index (χ1n) is 10.1. The van der Waals surface area contributed by atoms with Gasteiger partial charge in [-0.3, -0.25) is 4.79 Å². The van der Waals surface area contributed by atoms with Gasteiger partial charge in [-0.15, -0.1) is 0 Å². The summed E-state index contributed by atoms with van der Waals surface area (Å²) >= 11 is 0. The van der Waals surface area contributed by atoms with E-state index in [1.54, 1.807) is 21.3 Å². The number of amides is 1. The normalized spacial score (nSPS) is 20.5. The number of hydrogen-bond donors (Lipinski definition) is 0. The Balaban J connectivity index is 2.23. The van der Waals surface area contributed by atoms with E-state index in [4.69, 9.17) is 18.9 Å². The van der Waals surface area contributed by atoms with E-state index in [-0.39, 0.29) is 24.6 Å². The summed E-state index contributed by atoms with van der Waals surface area (Å²) in [6.45, 7) is 5.31. The first-order valence-corrected chi connectivity index (χ1v) is 10.1. The Morgan fingerprint density at radius 2 is 1.82 bits per heavy atom. The number of benzene rings is 1. The van der Waals surface area contributed by atoms with Crippen molar-refractivity contribution >= 4 is 5.91 Å². The summed E-state index contributed by atoms with van der Waals surface area (Å²) in [5.74, 6) is 2.20. The molecule has 0 radical (unpaired) electrons. The molecule has 0 unspecified atom stereocenters. The maximum Gasteiger partial charge on any atom is 0.249 e. The van der Waals surface area contributed by atoms with Crippen LogP contribution in [-0.2, 0) is 14.3 Å². The van der Waals surface area contributed by atoms with Crippen LogP contribution >= 0.6 is 0 Å². The van der Waals surface area contributed by atoms with Crippen LogP contribution in [0.4, 0.5) is 0 Å². The number of methoxy groups -OCH3 is 3. The van der Waals surface area contributed by atoms with Crippen molar-refractivity contribution in [2.24, 2.45) is 5.92 Å². The number of carbonyl (C=O) groups is 1. The smallest absolute Gasteiger partial charge is 0.249 e. The molecule has 0 aromatic heterocycles. The van der Waals surface area contributed by atoms with Crippen molar-refractivity contribution in [3.63, 3.8) is 0 Å². The van der Waals surface area contributed by atoms with Crippen molar-refractivity contribution in [3.05, 3.63) is 23.8 Å². The Morgan fingerprint density at radius 3 is 2.43 bits per heavy atom. The third-order valence-electron chi connectivity index (χ3n) is 5.63. The number of ether oxygens (including phenoxy) is 4. The zero-order chi connectivity index (χ0) is 20.5. The fourth-order valence-corrected chi connectivity index (χ4v) is 3.95. The van der Waals surface area contributed by atoms with Crippen LogP contribution < -0.4 is 9.47 Å². The van der Waals surface area contributed by atoms with Gasteiger partial charge >= 0.3 is 0 Å². The van der Waals surface area contributed by atoms with Gasteiger partial charge < -0.3 is 23.8 Å². The van der Waals surface area contributed by atoms with E-state index in [2.05, 4.69) is 13.8 Å². The van der Waals surface area contributed by atoms with Gasteiger partial charge in [-0.25, -0.2) is 0 Å². The highest BCUT2D eigenvalue weighted by Gasteiger charge is 2.32. The summed E-state index contributed by atoms with van der Waals surface area (Å²) in [7, 11) is 4.90. The molecule has 6 nitrogen and oxygen atoms in total. The number of carbonyl (C=O) groups excluding carboxylic acids is 1. The minimum Gasteiger partial charge on any atom is -0.497 e. The maximum absolute atomic E-state index is 13.1. The minimum absolute atomic E-state index is 0.0148. The number of nitrogens with zero attached hydrogens (tertiary/aromatic N) is 1. The van der Waals surface area contributed by atoms with Gasteiger partial charge in [0.25, 0.3) is 0 Å². The van der Waals surface area contributed by atoms with Crippen LogP contribution in [0.1, 0.15) is 51.1 Å². The molecule has 1 atom stereocenters. The molecular weight excluding hydrogens is 358 g/mol. The van der Waals surface area contributed by atoms with E-state index in [0.717, 1.165) is 48.7 Å². The van der Waals surface area contributed by atoms with Crippen molar-refractivity contribution < 1.29 is 23.7 Å². The SMILES string of the molecule is COCCOCC(=O)N(C1CCC(C)CC1)[C@H](C)c1ccc(OC)cc1OC. The van der Waals surface area contributed by atoms with Crippen LogP contribution in [0.25, 0.3) is 0 Å². The third kappa shape index (κ3) is 5.85. The summed E-state index contributed by atoms with van der Waals surface area (Å²) in [6.07, 6.45) is 4.33. The van der Waals surface area contributed by atoms with Crippen LogP contribution in [0.15, 0.2) is 18.2 Å². The molecule has 1 saturated carbocycles. The van der Waals surface area contributed by atoms with E-state index in [9.17, 15) is 4.79 Å². The molecule has 1 aliphatic carbocycles. The van der Waals surface area contributed by atoms with Crippen LogP contribution in [0.2, 0.25) is 0 Å². The molecule has 1 amide bonds. The highest BCUT2D eigenvalue weighted by molar-refractivity contribution is 5.78. The number of hydrogen-bond acceptors (Lipinski definition) is 5. The van der Waals surface area contributed by atoms with E-state index in [1.165, 1.54) is 0 Å². The molecule has 0 saturated heterocycles. The van der Waals surface area contributed by atoms with Gasteiger partial charge in [-0.1, -0.05) is 6.92 Å². The van der Waals surface area contributed by atoms with E-state index < -0.39 is 0 Å². The largest absolute Gasteiger partial charge is 0.497 e. The highest BCUT2D eigenvalue weighted by atomic mass is 16.5. The van der Waals surface area contributed by atoms with Crippen LogP contribution in [0.5, 0.6) is 11.5 Å². The monoisotopic (exact) mass is 393 g/mol. The molecule has 28 heavy (non-hydrogen) atoms. The molecule has 0 bridgehead atoms. The van der Waals surface area contributed by atoms with Crippen molar-refractivity contribution in [2.75, 3.05) is 41.2 Å². The summed E-state index contributed by atoms with van der Waals surface area (Å²) < 4.78 is 21.4. The van der Waals surface area contributed by atoms with Gasteiger partial charge in [-0.2, -0.15) is 0 Å². The molecular formula is C22H35NO5. The maximum atomic E-state index is 13.1. The zero-order valence-corrected chi connectivity index (χ0v) is 17.9. The molecule has 1 aliphatic rings. The number of rotatable bonds is 10. The summed E-state index contributed by atoms with van der Waals surface area (Å²) in [4.78, 5) is 15.1. The second-order valence-electron chi connectivity index (χ2n) is 7.54. The quantitative estimate of drug-likeness (QED) is 0.566. The Kier molecular flexibility index (Phi) is 9.06. The predicted molar refractivity (Wildman–Crippen MR) is 109 cm³/mol. The average molecular weight is 394 g/mol. The van der Waals surface area contributed by atoms with Crippen molar-refractivity contribution in [2.45, 2.75) is 51.6 Å². The fraction of sp³-hybridized carbons (Fsp3) is 0.682. The molecule has 0 heterocycles. The van der Waals surface area contributed by atoms with Crippen LogP contribution in [0, 0.1) is 5.92 Å². The first-order chi connectivity index (χ1) is 13.5. The van der Waals surface area contributed by atoms with Gasteiger partial charge in [-0.05, 0) is 50.7 Å². The topological polar surface area (TPSA) is 57.2 Å². The molecule has 1 fully saturated rings. The molecule has 0 N–H and O–H groups in total. The molecule has 6 heteroatoms. The second kappa shape index (κ2) is 11.3. The van der Waals surface area contributed by atoms with Crippen LogP contribution in [0.3, 0.4) is 0 Å². The molecule has 0 aliphatic heterocycles. The molecule has 1 aromatic rings. The molecule has 0 spiro atoms. The first kappa shape index (κ1) is 22.5. The fourth-order valence-electron chi connectivity index (χ4n) is 3.95. The lowest BCUT2D eigenvalue weighted by Crippen LogP contribution is -2.45. The van der Waals surface area contributed by atoms with Crippen molar-refractivity contribution in [1.82, 2.24) is 4.90 Å². The van der Waals surface area contributed by atoms with Gasteiger partial charge in [0.15, 0.2) is 0 Å². The standard InChI is InChI=1S/C22H35NO5/c1-16-6-8-18(9-7-16)23(22(24)15-28-13-12-25-3)17(2)20-11-10-19(26-4)14-21(20)27-5/h10-11,14,16-18H,6-9,12-13,15H2,1-5H3/t16?,17-,18?/m1/s1. The summed E-state index contributed by atoms with van der Waals surface area (Å²) in [6, 6.07) is 5.87. The van der Waals surface area contributed by atoms with Gasteiger partial charge in [0.05, 0.1) is 33.5 Å². The minimum atomic E-state index is -0.113. The lowest BCUT2D eigenvalue weighted by Gasteiger charge is -2.40. The molecule has 2 rings (SSSR count). The lowest BCUT2D eigenvalue weighted by molar-refractivity contribution is -0.142. The summed E-state index contributed by atoms with van der Waals surface area (Å²) in [5, 5.41) is 0. The Labute approximate surface area is 169 Å². The average Bonchev–Trinajstić information content (AvgIpc) is 2.72. The second-order valence-corrected chi connectivity index (χ2v) is 7.54. The van der Waals surface area contributed by atoms with Crippen LogP contribution in [-0.4, -0.2) is 58.0 Å². The third-order valence-corrected chi connectivity index (χ3v) is 5.63.